The first-order valence-electron chi connectivity index (χ1n) is 12.8. The molecule has 5 aromatic rings. The number of anilines is 1. The van der Waals surface area contributed by atoms with Gasteiger partial charge in [-0.2, -0.15) is 0 Å². The number of hydrogen-bond donors (Lipinski definition) is 2. The van der Waals surface area contributed by atoms with Crippen LogP contribution < -0.4 is 16.1 Å². The summed E-state index contributed by atoms with van der Waals surface area (Å²) in [5.74, 6) is -0.509. The maximum Gasteiger partial charge on any atom is 0.258 e. The smallest absolute Gasteiger partial charge is 0.258 e. The van der Waals surface area contributed by atoms with Gasteiger partial charge in [-0.25, -0.2) is 4.98 Å². The molecule has 8 nitrogen and oxygen atoms in total. The normalized spacial score (nSPS) is 13.9. The minimum atomic E-state index is -0.354. The van der Waals surface area contributed by atoms with Crippen LogP contribution in [0.1, 0.15) is 30.1 Å². The number of pyridine rings is 2. The van der Waals surface area contributed by atoms with Crippen LogP contribution >= 0.6 is 11.3 Å². The number of hydrogen-bond acceptors (Lipinski definition) is 6. The van der Waals surface area contributed by atoms with Crippen molar-refractivity contribution in [1.82, 2.24) is 19.6 Å². The van der Waals surface area contributed by atoms with Gasteiger partial charge in [-0.3, -0.25) is 18.8 Å². The number of fused-ring (bicyclic) bond motifs is 5. The van der Waals surface area contributed by atoms with Crippen LogP contribution in [0.25, 0.3) is 37.3 Å². The van der Waals surface area contributed by atoms with E-state index in [2.05, 4.69) is 15.5 Å². The van der Waals surface area contributed by atoms with Gasteiger partial charge in [0.05, 0.1) is 21.3 Å². The Bertz CT molecular complexity index is 1770. The summed E-state index contributed by atoms with van der Waals surface area (Å²) < 4.78 is 2.89. The largest absolute Gasteiger partial charge is 0.351 e. The fourth-order valence-electron chi connectivity index (χ4n) is 5.13. The van der Waals surface area contributed by atoms with Gasteiger partial charge in [-0.1, -0.05) is 24.3 Å². The Kier molecular flexibility index (Phi) is 6.39. The van der Waals surface area contributed by atoms with Gasteiger partial charge in [0.25, 0.3) is 5.91 Å². The van der Waals surface area contributed by atoms with Crippen molar-refractivity contribution in [2.24, 2.45) is 0 Å². The van der Waals surface area contributed by atoms with Gasteiger partial charge in [-0.15, -0.1) is 11.3 Å². The molecular weight excluding hydrogens is 498 g/mol. The lowest BCUT2D eigenvalue weighted by Gasteiger charge is -2.15. The van der Waals surface area contributed by atoms with Crippen LogP contribution in [0, 0.1) is 0 Å². The minimum Gasteiger partial charge on any atom is -0.351 e. The van der Waals surface area contributed by atoms with Crippen molar-refractivity contribution in [3.63, 3.8) is 0 Å². The molecule has 1 fully saturated rings. The van der Waals surface area contributed by atoms with Gasteiger partial charge < -0.3 is 15.5 Å². The van der Waals surface area contributed by atoms with Crippen molar-refractivity contribution in [1.29, 1.82) is 0 Å². The molecule has 0 spiro atoms. The summed E-state index contributed by atoms with van der Waals surface area (Å²) in [5, 5.41) is 6.17. The Hall–Kier alpha value is -4.08. The highest BCUT2D eigenvalue weighted by molar-refractivity contribution is 7.24. The van der Waals surface area contributed by atoms with E-state index in [9.17, 15) is 14.4 Å². The van der Waals surface area contributed by atoms with Crippen molar-refractivity contribution in [3.05, 3.63) is 76.5 Å². The number of benzene rings is 2. The number of nitrogens with one attached hydrogen (secondary N) is 2. The number of likely N-dealkylation sites (tertiary alicyclic amines) is 1. The first kappa shape index (κ1) is 24.3. The van der Waals surface area contributed by atoms with E-state index in [1.807, 2.05) is 52.9 Å². The van der Waals surface area contributed by atoms with Crippen LogP contribution in [-0.4, -0.2) is 52.3 Å². The van der Waals surface area contributed by atoms with Gasteiger partial charge in [-0.05, 0) is 62.3 Å². The van der Waals surface area contributed by atoms with Crippen LogP contribution in [0.2, 0.25) is 0 Å². The van der Waals surface area contributed by atoms with E-state index >= 15 is 0 Å². The average molecular weight is 526 g/mol. The van der Waals surface area contributed by atoms with Crippen molar-refractivity contribution in [3.8, 4) is 11.3 Å². The van der Waals surface area contributed by atoms with Crippen LogP contribution in [0.15, 0.2) is 65.5 Å². The Morgan fingerprint density at radius 3 is 2.66 bits per heavy atom. The summed E-state index contributed by atoms with van der Waals surface area (Å²) in [6, 6.07) is 18.8. The maximum absolute atomic E-state index is 13.7. The predicted molar refractivity (Wildman–Crippen MR) is 152 cm³/mol. The molecule has 192 valence electrons. The van der Waals surface area contributed by atoms with Crippen LogP contribution in [0.5, 0.6) is 0 Å². The molecule has 0 bridgehead atoms. The number of nitrogens with zero attached hydrogens (tertiary/aromatic N) is 3. The number of rotatable bonds is 6. The zero-order chi connectivity index (χ0) is 26.2. The Morgan fingerprint density at radius 2 is 1.84 bits per heavy atom. The number of thiazole rings is 1. The number of para-hydroxylation sites is 1. The van der Waals surface area contributed by atoms with Crippen LogP contribution in [0.3, 0.4) is 0 Å². The summed E-state index contributed by atoms with van der Waals surface area (Å²) in [6.45, 7) is 4.84. The molecule has 38 heavy (non-hydrogen) atoms. The van der Waals surface area contributed by atoms with E-state index < -0.39 is 0 Å². The molecule has 0 aliphatic carbocycles. The summed E-state index contributed by atoms with van der Waals surface area (Å²) in [6.07, 6.45) is 2.38. The fourth-order valence-corrected chi connectivity index (χ4v) is 6.31. The van der Waals surface area contributed by atoms with Crippen LogP contribution in [0.4, 0.5) is 5.69 Å². The average Bonchev–Trinajstić information content (AvgIpc) is 3.56. The highest BCUT2D eigenvalue weighted by Gasteiger charge is 2.23. The predicted octanol–water partition coefficient (Wildman–Crippen LogP) is 4.51. The van der Waals surface area contributed by atoms with Gasteiger partial charge in [0, 0.05) is 31.3 Å². The lowest BCUT2D eigenvalue weighted by Crippen LogP contribution is -2.35. The number of carbonyl (C=O) groups excluding carboxylic acids is 2. The van der Waals surface area contributed by atoms with Crippen molar-refractivity contribution in [2.75, 3.05) is 31.5 Å². The van der Waals surface area contributed by atoms with Gasteiger partial charge >= 0.3 is 0 Å². The van der Waals surface area contributed by atoms with Gasteiger partial charge in [0.2, 0.25) is 11.3 Å². The van der Waals surface area contributed by atoms with E-state index in [1.54, 1.807) is 12.1 Å². The van der Waals surface area contributed by atoms with Gasteiger partial charge in [0.1, 0.15) is 16.0 Å². The molecule has 0 radical (unpaired) electrons. The molecule has 0 unspecified atom stereocenters. The first-order chi connectivity index (χ1) is 18.5. The van der Waals surface area contributed by atoms with E-state index in [4.69, 9.17) is 4.98 Å². The maximum atomic E-state index is 13.7. The molecule has 9 heteroatoms. The molecule has 2 amide bonds. The molecule has 6 rings (SSSR count). The highest BCUT2D eigenvalue weighted by atomic mass is 32.1. The molecule has 3 aromatic heterocycles. The molecule has 0 saturated carbocycles. The first-order valence-corrected chi connectivity index (χ1v) is 13.6. The number of aromatic nitrogens is 2. The zero-order valence-corrected chi connectivity index (χ0v) is 21.8. The molecule has 2 N–H and O–H groups in total. The summed E-state index contributed by atoms with van der Waals surface area (Å²) in [7, 11) is 0. The SMILES string of the molecule is CC(=O)Nc1cccc(-c2ccc3c(=O)c(C(=O)NCCN4CCCC4)c4sc5ccccc5n4c3n2)c1. The quantitative estimate of drug-likeness (QED) is 0.340. The standard InChI is InChI=1S/C29H27N5O3S/c1-18(35)31-20-8-6-7-19(17-20)22-12-11-21-26(36)25(28(37)30-13-16-33-14-4-5-15-33)29-34(27(21)32-22)23-9-2-3-10-24(23)38-29/h2-3,6-12,17H,4-5,13-16H2,1H3,(H,30,37)(H,31,35). The Labute approximate surface area is 222 Å². The molecule has 1 saturated heterocycles. The second-order valence-corrected chi connectivity index (χ2v) is 10.6. The Balaban J connectivity index is 1.48. The van der Waals surface area contributed by atoms with Crippen molar-refractivity contribution < 1.29 is 9.59 Å². The number of amides is 2. The summed E-state index contributed by atoms with van der Waals surface area (Å²) in [5.41, 5.74) is 3.36. The highest BCUT2D eigenvalue weighted by Crippen LogP contribution is 2.32. The van der Waals surface area contributed by atoms with E-state index in [0.717, 1.165) is 35.4 Å². The third-order valence-electron chi connectivity index (χ3n) is 6.91. The van der Waals surface area contributed by atoms with Crippen molar-refractivity contribution in [2.45, 2.75) is 19.8 Å². The van der Waals surface area contributed by atoms with Crippen molar-refractivity contribution >= 4 is 54.9 Å². The lowest BCUT2D eigenvalue weighted by molar-refractivity contribution is -0.114. The van der Waals surface area contributed by atoms with Gasteiger partial charge in [0.15, 0.2) is 0 Å². The number of carbonyl (C=O) groups is 2. The summed E-state index contributed by atoms with van der Waals surface area (Å²) in [4.78, 5) is 46.5. The molecule has 0 atom stereocenters. The summed E-state index contributed by atoms with van der Waals surface area (Å²) >= 11 is 1.42. The molecule has 2 aromatic carbocycles. The molecule has 1 aliphatic heterocycles. The second-order valence-electron chi connectivity index (χ2n) is 9.55. The second kappa shape index (κ2) is 10.00. The Morgan fingerprint density at radius 1 is 1.03 bits per heavy atom. The minimum absolute atomic E-state index is 0.155. The topological polar surface area (TPSA) is 95.8 Å². The lowest BCUT2D eigenvalue weighted by atomic mass is 10.1. The third-order valence-corrected chi connectivity index (χ3v) is 8.05. The third kappa shape index (κ3) is 4.44. The van der Waals surface area contributed by atoms with E-state index in [-0.39, 0.29) is 22.8 Å². The molecule has 1 aliphatic rings. The van der Waals surface area contributed by atoms with Crippen LogP contribution in [-0.2, 0) is 4.79 Å². The van der Waals surface area contributed by atoms with E-state index in [1.165, 1.54) is 31.1 Å². The fraction of sp³-hybridized carbons (Fsp3) is 0.241. The van der Waals surface area contributed by atoms with E-state index in [0.29, 0.717) is 33.8 Å². The zero-order valence-electron chi connectivity index (χ0n) is 21.0. The molecular formula is C29H27N5O3S. The monoisotopic (exact) mass is 525 g/mol. The molecule has 4 heterocycles.